The largest absolute Gasteiger partial charge is 0.328 e. The fraction of sp³-hybridized carbons (Fsp3) is 0.500. The summed E-state index contributed by atoms with van der Waals surface area (Å²) in [6.07, 6.45) is 3.34. The van der Waals surface area contributed by atoms with Crippen LogP contribution in [0.25, 0.3) is 0 Å². The summed E-state index contributed by atoms with van der Waals surface area (Å²) in [4.78, 5) is 0.252. The molecule has 0 amide bonds. The van der Waals surface area contributed by atoms with E-state index < -0.39 is 10.0 Å². The van der Waals surface area contributed by atoms with Crippen molar-refractivity contribution in [3.8, 4) is 0 Å². The molecule has 0 aromatic heterocycles. The minimum absolute atomic E-state index is 0.00882. The van der Waals surface area contributed by atoms with Gasteiger partial charge in [-0.3, -0.25) is 0 Å². The van der Waals surface area contributed by atoms with Gasteiger partial charge in [0.2, 0.25) is 10.0 Å². The summed E-state index contributed by atoms with van der Waals surface area (Å²) in [6.45, 7) is 0. The van der Waals surface area contributed by atoms with E-state index in [0.717, 1.165) is 25.7 Å². The maximum atomic E-state index is 12.1. The van der Waals surface area contributed by atoms with Crippen molar-refractivity contribution in [2.45, 2.75) is 42.7 Å². The first-order chi connectivity index (χ1) is 8.47. The Hall–Kier alpha value is -0.620. The Labute approximate surface area is 113 Å². The van der Waals surface area contributed by atoms with Crippen molar-refractivity contribution >= 4 is 21.6 Å². The fourth-order valence-corrected chi connectivity index (χ4v) is 3.57. The molecule has 1 fully saturated rings. The molecule has 0 unspecified atom stereocenters. The number of sulfonamides is 1. The molecule has 0 saturated heterocycles. The molecule has 0 radical (unpaired) electrons. The molecular weight excluding hydrogens is 272 g/mol. The number of hydrogen-bond donors (Lipinski definition) is 2. The lowest BCUT2D eigenvalue weighted by atomic mass is 9.93. The molecule has 1 saturated carbocycles. The second kappa shape index (κ2) is 5.57. The van der Waals surface area contributed by atoms with Gasteiger partial charge >= 0.3 is 0 Å². The summed E-state index contributed by atoms with van der Waals surface area (Å²) in [5.41, 5.74) is 5.80. The van der Waals surface area contributed by atoms with Crippen LogP contribution >= 0.6 is 11.6 Å². The van der Waals surface area contributed by atoms with Crippen molar-refractivity contribution in [1.82, 2.24) is 4.72 Å². The van der Waals surface area contributed by atoms with Crippen LogP contribution in [0.2, 0.25) is 5.02 Å². The molecular formula is C12H17ClN2O2S. The molecule has 6 heteroatoms. The Morgan fingerprint density at radius 3 is 2.22 bits per heavy atom. The van der Waals surface area contributed by atoms with E-state index in [-0.39, 0.29) is 17.0 Å². The van der Waals surface area contributed by atoms with Crippen LogP contribution in [0.4, 0.5) is 0 Å². The second-order valence-electron chi connectivity index (χ2n) is 4.69. The topological polar surface area (TPSA) is 72.2 Å². The smallest absolute Gasteiger partial charge is 0.240 e. The molecule has 1 aromatic carbocycles. The number of rotatable bonds is 3. The van der Waals surface area contributed by atoms with Gasteiger partial charge in [-0.15, -0.1) is 0 Å². The van der Waals surface area contributed by atoms with Crippen molar-refractivity contribution in [3.63, 3.8) is 0 Å². The average Bonchev–Trinajstić information content (AvgIpc) is 2.32. The predicted molar refractivity (Wildman–Crippen MR) is 72.0 cm³/mol. The summed E-state index contributed by atoms with van der Waals surface area (Å²) in [7, 11) is -3.44. The summed E-state index contributed by atoms with van der Waals surface area (Å²) in [6, 6.07) is 6.38. The maximum absolute atomic E-state index is 12.1. The fourth-order valence-electron chi connectivity index (χ4n) is 2.14. The SMILES string of the molecule is NC1CCC(NS(=O)(=O)c2ccc(Cl)cc2)CC1. The highest BCUT2D eigenvalue weighted by Gasteiger charge is 2.24. The monoisotopic (exact) mass is 288 g/mol. The van der Waals surface area contributed by atoms with Gasteiger partial charge in [0.05, 0.1) is 4.90 Å². The van der Waals surface area contributed by atoms with Crippen LogP contribution in [0.1, 0.15) is 25.7 Å². The third-order valence-corrected chi connectivity index (χ3v) is 5.01. The van der Waals surface area contributed by atoms with Crippen molar-refractivity contribution in [1.29, 1.82) is 0 Å². The Bertz CT molecular complexity index is 493. The van der Waals surface area contributed by atoms with E-state index in [9.17, 15) is 8.42 Å². The van der Waals surface area contributed by atoms with Crippen LogP contribution < -0.4 is 10.5 Å². The van der Waals surface area contributed by atoms with E-state index in [1.54, 1.807) is 12.1 Å². The molecule has 3 N–H and O–H groups in total. The Kier molecular flexibility index (Phi) is 4.27. The third kappa shape index (κ3) is 3.45. The highest BCUT2D eigenvalue weighted by molar-refractivity contribution is 7.89. The lowest BCUT2D eigenvalue weighted by Gasteiger charge is -2.26. The second-order valence-corrected chi connectivity index (χ2v) is 6.84. The highest BCUT2D eigenvalue weighted by atomic mass is 35.5. The van der Waals surface area contributed by atoms with E-state index in [0.29, 0.717) is 5.02 Å². The van der Waals surface area contributed by atoms with Crippen LogP contribution in [-0.2, 0) is 10.0 Å². The quantitative estimate of drug-likeness (QED) is 0.892. The van der Waals surface area contributed by atoms with Crippen molar-refractivity contribution in [2.24, 2.45) is 5.73 Å². The molecule has 0 heterocycles. The first kappa shape index (κ1) is 13.8. The zero-order valence-corrected chi connectivity index (χ0v) is 11.5. The minimum Gasteiger partial charge on any atom is -0.328 e. The first-order valence-corrected chi connectivity index (χ1v) is 7.87. The molecule has 18 heavy (non-hydrogen) atoms. The van der Waals surface area contributed by atoms with E-state index in [2.05, 4.69) is 4.72 Å². The minimum atomic E-state index is -3.44. The van der Waals surface area contributed by atoms with E-state index >= 15 is 0 Å². The van der Waals surface area contributed by atoms with Crippen LogP contribution in [0, 0.1) is 0 Å². The normalized spacial score (nSPS) is 25.0. The van der Waals surface area contributed by atoms with Gasteiger partial charge in [-0.1, -0.05) is 11.6 Å². The predicted octanol–water partition coefficient (Wildman–Crippen LogP) is 1.89. The number of nitrogens with two attached hydrogens (primary N) is 1. The van der Waals surface area contributed by atoms with E-state index in [4.69, 9.17) is 17.3 Å². The van der Waals surface area contributed by atoms with Gasteiger partial charge in [0.1, 0.15) is 0 Å². The van der Waals surface area contributed by atoms with Crippen LogP contribution in [0.15, 0.2) is 29.2 Å². The summed E-state index contributed by atoms with van der Waals surface area (Å²) in [5, 5.41) is 0.526. The third-order valence-electron chi connectivity index (χ3n) is 3.22. The van der Waals surface area contributed by atoms with Gasteiger partial charge < -0.3 is 5.73 Å². The Morgan fingerprint density at radius 2 is 1.67 bits per heavy atom. The molecule has 0 bridgehead atoms. The van der Waals surface area contributed by atoms with Gasteiger partial charge in [-0.2, -0.15) is 0 Å². The standard InChI is InChI=1S/C12H17ClN2O2S/c13-9-1-7-12(8-2-9)18(16,17)15-11-5-3-10(14)4-6-11/h1-2,7-8,10-11,15H,3-6,14H2. The molecule has 0 atom stereocenters. The summed E-state index contributed by atoms with van der Waals surface area (Å²) in [5.74, 6) is 0. The van der Waals surface area contributed by atoms with Crippen molar-refractivity contribution < 1.29 is 8.42 Å². The maximum Gasteiger partial charge on any atom is 0.240 e. The Balaban J connectivity index is 2.05. The first-order valence-electron chi connectivity index (χ1n) is 6.01. The van der Waals surface area contributed by atoms with Crippen LogP contribution in [0.3, 0.4) is 0 Å². The van der Waals surface area contributed by atoms with Crippen molar-refractivity contribution in [3.05, 3.63) is 29.3 Å². The summed E-state index contributed by atoms with van der Waals surface area (Å²) < 4.78 is 26.9. The number of halogens is 1. The molecule has 4 nitrogen and oxygen atoms in total. The number of nitrogens with one attached hydrogen (secondary N) is 1. The Morgan fingerprint density at radius 1 is 1.11 bits per heavy atom. The van der Waals surface area contributed by atoms with Crippen LogP contribution in [-0.4, -0.2) is 20.5 Å². The van der Waals surface area contributed by atoms with Gasteiger partial charge in [0.15, 0.2) is 0 Å². The molecule has 1 aromatic rings. The zero-order valence-electron chi connectivity index (χ0n) is 9.97. The molecule has 100 valence electrons. The molecule has 2 rings (SSSR count). The highest BCUT2D eigenvalue weighted by Crippen LogP contribution is 2.20. The van der Waals surface area contributed by atoms with E-state index in [1.165, 1.54) is 12.1 Å². The molecule has 0 spiro atoms. The lowest BCUT2D eigenvalue weighted by molar-refractivity contribution is 0.373. The summed E-state index contributed by atoms with van der Waals surface area (Å²) >= 11 is 5.74. The van der Waals surface area contributed by atoms with Gasteiger partial charge in [-0.25, -0.2) is 13.1 Å². The van der Waals surface area contributed by atoms with Crippen molar-refractivity contribution in [2.75, 3.05) is 0 Å². The lowest BCUT2D eigenvalue weighted by Crippen LogP contribution is -2.40. The zero-order chi connectivity index (χ0) is 13.2. The number of hydrogen-bond acceptors (Lipinski definition) is 3. The van der Waals surface area contributed by atoms with E-state index in [1.807, 2.05) is 0 Å². The van der Waals surface area contributed by atoms with Gasteiger partial charge in [-0.05, 0) is 49.9 Å². The number of benzene rings is 1. The molecule has 0 aliphatic heterocycles. The van der Waals surface area contributed by atoms with Gasteiger partial charge in [0, 0.05) is 17.1 Å². The molecule has 1 aliphatic rings. The van der Waals surface area contributed by atoms with Gasteiger partial charge in [0.25, 0.3) is 0 Å². The van der Waals surface area contributed by atoms with Crippen LogP contribution in [0.5, 0.6) is 0 Å². The molecule has 1 aliphatic carbocycles. The average molecular weight is 289 g/mol.